The number of hydrogen-bond acceptors (Lipinski definition) is 4. The Morgan fingerprint density at radius 3 is 3.00 bits per heavy atom. The second-order valence-corrected chi connectivity index (χ2v) is 6.65. The van der Waals surface area contributed by atoms with Gasteiger partial charge in [0.25, 0.3) is 0 Å². The van der Waals surface area contributed by atoms with Gasteiger partial charge in [-0.25, -0.2) is 4.98 Å². The van der Waals surface area contributed by atoms with Gasteiger partial charge in [0.05, 0.1) is 0 Å². The maximum atomic E-state index is 4.43. The Kier molecular flexibility index (Phi) is 5.01. The average molecular weight is 267 g/mol. The van der Waals surface area contributed by atoms with Crippen LogP contribution in [0.3, 0.4) is 0 Å². The van der Waals surface area contributed by atoms with Gasteiger partial charge in [-0.15, -0.1) is 11.3 Å². The molecule has 1 aliphatic heterocycles. The number of thiazole rings is 1. The lowest BCUT2D eigenvalue weighted by Gasteiger charge is -2.34. The van der Waals surface area contributed by atoms with E-state index in [0.29, 0.717) is 0 Å². The van der Waals surface area contributed by atoms with Gasteiger partial charge in [0, 0.05) is 30.7 Å². The molecular formula is C14H25N3S. The van der Waals surface area contributed by atoms with E-state index in [2.05, 4.69) is 36.0 Å². The molecule has 2 rings (SSSR count). The molecule has 1 aliphatic rings. The van der Waals surface area contributed by atoms with E-state index in [1.54, 1.807) is 11.3 Å². The van der Waals surface area contributed by atoms with Crippen molar-refractivity contribution in [3.05, 3.63) is 11.1 Å². The topological polar surface area (TPSA) is 28.2 Å². The first kappa shape index (κ1) is 13.8. The fourth-order valence-corrected chi connectivity index (χ4v) is 3.29. The third-order valence-electron chi connectivity index (χ3n) is 3.88. The van der Waals surface area contributed by atoms with Crippen LogP contribution in [0.1, 0.15) is 38.5 Å². The summed E-state index contributed by atoms with van der Waals surface area (Å²) in [7, 11) is 0. The molecule has 1 N–H and O–H groups in total. The van der Waals surface area contributed by atoms with Gasteiger partial charge < -0.3 is 5.32 Å². The first-order valence-electron chi connectivity index (χ1n) is 7.10. The molecule has 0 saturated carbocycles. The summed E-state index contributed by atoms with van der Waals surface area (Å²) in [5.41, 5.74) is 0. The number of rotatable bonds is 5. The molecule has 3 nitrogen and oxygen atoms in total. The molecule has 2 unspecified atom stereocenters. The number of hydrogen-bond donors (Lipinski definition) is 1. The molecule has 2 heterocycles. The molecule has 0 radical (unpaired) electrons. The standard InChI is InChI=1S/C14H25N3S/c1-4-6-15-14-16-8-13(18-14)10-17-7-5-11(2)12(3)9-17/h8,11-12H,4-7,9-10H2,1-3H3,(H,15,16). The Bertz CT molecular complexity index is 364. The Morgan fingerprint density at radius 1 is 1.44 bits per heavy atom. The van der Waals surface area contributed by atoms with Gasteiger partial charge in [0.15, 0.2) is 5.13 Å². The van der Waals surface area contributed by atoms with E-state index in [4.69, 9.17) is 0 Å². The van der Waals surface area contributed by atoms with Crippen LogP contribution >= 0.6 is 11.3 Å². The molecule has 0 bridgehead atoms. The number of anilines is 1. The van der Waals surface area contributed by atoms with Crippen LogP contribution in [0.2, 0.25) is 0 Å². The van der Waals surface area contributed by atoms with Crippen LogP contribution in [-0.4, -0.2) is 29.5 Å². The highest BCUT2D eigenvalue weighted by Crippen LogP contribution is 2.26. The van der Waals surface area contributed by atoms with E-state index in [0.717, 1.165) is 36.5 Å². The third-order valence-corrected chi connectivity index (χ3v) is 4.82. The maximum Gasteiger partial charge on any atom is 0.182 e. The summed E-state index contributed by atoms with van der Waals surface area (Å²) in [4.78, 5) is 8.39. The summed E-state index contributed by atoms with van der Waals surface area (Å²) in [6, 6.07) is 0. The Morgan fingerprint density at radius 2 is 2.28 bits per heavy atom. The van der Waals surface area contributed by atoms with Gasteiger partial charge in [-0.1, -0.05) is 20.8 Å². The van der Waals surface area contributed by atoms with Crippen LogP contribution in [0.15, 0.2) is 6.20 Å². The molecule has 2 atom stereocenters. The van der Waals surface area contributed by atoms with E-state index >= 15 is 0 Å². The second-order valence-electron chi connectivity index (χ2n) is 5.54. The van der Waals surface area contributed by atoms with Crippen molar-refractivity contribution < 1.29 is 0 Å². The van der Waals surface area contributed by atoms with Crippen molar-refractivity contribution in [1.29, 1.82) is 0 Å². The molecule has 0 aliphatic carbocycles. The van der Waals surface area contributed by atoms with E-state index < -0.39 is 0 Å². The molecule has 1 fully saturated rings. The fraction of sp³-hybridized carbons (Fsp3) is 0.786. The van der Waals surface area contributed by atoms with Crippen LogP contribution in [-0.2, 0) is 6.54 Å². The summed E-state index contributed by atoms with van der Waals surface area (Å²) in [5.74, 6) is 1.70. The molecule has 0 amide bonds. The summed E-state index contributed by atoms with van der Waals surface area (Å²) < 4.78 is 0. The van der Waals surface area contributed by atoms with Gasteiger partial charge in [-0.2, -0.15) is 0 Å². The first-order valence-corrected chi connectivity index (χ1v) is 7.91. The van der Waals surface area contributed by atoms with Crippen LogP contribution in [0.5, 0.6) is 0 Å². The Labute approximate surface area is 115 Å². The largest absolute Gasteiger partial charge is 0.362 e. The zero-order chi connectivity index (χ0) is 13.0. The highest BCUT2D eigenvalue weighted by molar-refractivity contribution is 7.15. The third kappa shape index (κ3) is 3.69. The molecule has 102 valence electrons. The lowest BCUT2D eigenvalue weighted by Crippen LogP contribution is -2.37. The minimum atomic E-state index is 0.823. The molecular weight excluding hydrogens is 242 g/mol. The Hall–Kier alpha value is -0.610. The number of likely N-dealkylation sites (tertiary alicyclic amines) is 1. The van der Waals surface area contributed by atoms with Crippen molar-refractivity contribution in [2.24, 2.45) is 11.8 Å². The summed E-state index contributed by atoms with van der Waals surface area (Å²) >= 11 is 1.80. The monoisotopic (exact) mass is 267 g/mol. The van der Waals surface area contributed by atoms with Crippen molar-refractivity contribution in [3.63, 3.8) is 0 Å². The molecule has 1 saturated heterocycles. The molecule has 0 spiro atoms. The fourth-order valence-electron chi connectivity index (χ4n) is 2.41. The van der Waals surface area contributed by atoms with E-state index in [9.17, 15) is 0 Å². The number of aromatic nitrogens is 1. The van der Waals surface area contributed by atoms with Crippen LogP contribution < -0.4 is 5.32 Å². The smallest absolute Gasteiger partial charge is 0.182 e. The summed E-state index contributed by atoms with van der Waals surface area (Å²) in [6.45, 7) is 11.5. The molecule has 1 aromatic heterocycles. The minimum Gasteiger partial charge on any atom is -0.362 e. The zero-order valence-corrected chi connectivity index (χ0v) is 12.6. The number of piperidine rings is 1. The SMILES string of the molecule is CCCNc1ncc(CN2CCC(C)C(C)C2)s1. The quantitative estimate of drug-likeness (QED) is 0.885. The van der Waals surface area contributed by atoms with Crippen molar-refractivity contribution in [1.82, 2.24) is 9.88 Å². The number of nitrogens with zero attached hydrogens (tertiary/aromatic N) is 2. The molecule has 1 aromatic rings. The van der Waals surface area contributed by atoms with Crippen molar-refractivity contribution in [2.45, 2.75) is 40.2 Å². The highest BCUT2D eigenvalue weighted by Gasteiger charge is 2.22. The average Bonchev–Trinajstić information content (AvgIpc) is 2.79. The van der Waals surface area contributed by atoms with E-state index in [1.807, 2.05) is 6.20 Å². The van der Waals surface area contributed by atoms with Gasteiger partial charge in [0.1, 0.15) is 0 Å². The van der Waals surface area contributed by atoms with Crippen LogP contribution in [0.25, 0.3) is 0 Å². The van der Waals surface area contributed by atoms with Gasteiger partial charge in [-0.3, -0.25) is 4.90 Å². The predicted molar refractivity (Wildman–Crippen MR) is 79.1 cm³/mol. The van der Waals surface area contributed by atoms with Crippen molar-refractivity contribution in [3.8, 4) is 0 Å². The minimum absolute atomic E-state index is 0.823. The Balaban J connectivity index is 1.84. The number of nitrogens with one attached hydrogen (secondary N) is 1. The molecule has 4 heteroatoms. The normalized spacial score (nSPS) is 25.3. The second kappa shape index (κ2) is 6.53. The summed E-state index contributed by atoms with van der Waals surface area (Å²) in [5, 5.41) is 4.43. The van der Waals surface area contributed by atoms with Gasteiger partial charge >= 0.3 is 0 Å². The van der Waals surface area contributed by atoms with Gasteiger partial charge in [-0.05, 0) is 31.2 Å². The van der Waals surface area contributed by atoms with Gasteiger partial charge in [0.2, 0.25) is 0 Å². The van der Waals surface area contributed by atoms with E-state index in [1.165, 1.54) is 24.4 Å². The molecule has 18 heavy (non-hydrogen) atoms. The van der Waals surface area contributed by atoms with Crippen molar-refractivity contribution >= 4 is 16.5 Å². The molecule has 0 aromatic carbocycles. The summed E-state index contributed by atoms with van der Waals surface area (Å²) in [6.07, 6.45) is 4.52. The lowest BCUT2D eigenvalue weighted by molar-refractivity contribution is 0.133. The predicted octanol–water partition coefficient (Wildman–Crippen LogP) is 3.44. The first-order chi connectivity index (χ1) is 8.69. The lowest BCUT2D eigenvalue weighted by atomic mass is 9.89. The maximum absolute atomic E-state index is 4.43. The van der Waals surface area contributed by atoms with Crippen LogP contribution in [0, 0.1) is 11.8 Å². The zero-order valence-electron chi connectivity index (χ0n) is 11.8. The van der Waals surface area contributed by atoms with Crippen molar-refractivity contribution in [2.75, 3.05) is 25.0 Å². The highest BCUT2D eigenvalue weighted by atomic mass is 32.1. The van der Waals surface area contributed by atoms with Crippen LogP contribution in [0.4, 0.5) is 5.13 Å². The van der Waals surface area contributed by atoms with E-state index in [-0.39, 0.29) is 0 Å².